The third-order valence-corrected chi connectivity index (χ3v) is 4.31. The van der Waals surface area contributed by atoms with Crippen LogP contribution in [0.25, 0.3) is 5.65 Å². The van der Waals surface area contributed by atoms with E-state index in [4.69, 9.17) is 4.99 Å². The molecule has 3 aromatic rings. The monoisotopic (exact) mass is 401 g/mol. The number of nitrogens with zero attached hydrogens (tertiary/aromatic N) is 4. The van der Waals surface area contributed by atoms with Crippen molar-refractivity contribution in [3.8, 4) is 5.75 Å². The number of nitrogens with one attached hydrogen (secondary N) is 1. The van der Waals surface area contributed by atoms with Gasteiger partial charge < -0.3 is 19.4 Å². The lowest BCUT2D eigenvalue weighted by molar-refractivity contribution is -0.0498. The third-order valence-electron chi connectivity index (χ3n) is 4.31. The maximum absolute atomic E-state index is 12.3. The van der Waals surface area contributed by atoms with Gasteiger partial charge in [0.1, 0.15) is 11.4 Å². The Bertz CT molecular complexity index is 907. The molecule has 0 saturated heterocycles. The minimum absolute atomic E-state index is 0.152. The predicted octanol–water partition coefficient (Wildman–Crippen LogP) is 3.58. The molecule has 0 saturated carbocycles. The van der Waals surface area contributed by atoms with Crippen LogP contribution in [0.1, 0.15) is 18.2 Å². The van der Waals surface area contributed by atoms with Gasteiger partial charge in [-0.25, -0.2) is 4.98 Å². The van der Waals surface area contributed by atoms with Crippen LogP contribution in [-0.4, -0.2) is 47.0 Å². The highest BCUT2D eigenvalue weighted by atomic mass is 19.3. The van der Waals surface area contributed by atoms with Crippen molar-refractivity contribution in [1.82, 2.24) is 19.6 Å². The lowest BCUT2D eigenvalue weighted by Crippen LogP contribution is -2.38. The summed E-state index contributed by atoms with van der Waals surface area (Å²) in [4.78, 5) is 11.3. The molecule has 0 aliphatic rings. The van der Waals surface area contributed by atoms with Crippen LogP contribution >= 0.6 is 0 Å². The topological polar surface area (TPSA) is 54.2 Å². The number of imidazole rings is 1. The van der Waals surface area contributed by atoms with E-state index in [-0.39, 0.29) is 5.75 Å². The Hall–Kier alpha value is -3.16. The highest BCUT2D eigenvalue weighted by molar-refractivity contribution is 5.79. The van der Waals surface area contributed by atoms with Crippen LogP contribution in [0.3, 0.4) is 0 Å². The lowest BCUT2D eigenvalue weighted by Gasteiger charge is -2.22. The Morgan fingerprint density at radius 1 is 1.24 bits per heavy atom. The molecule has 0 aliphatic carbocycles. The summed E-state index contributed by atoms with van der Waals surface area (Å²) in [6.45, 7) is 1.15. The molecule has 2 aromatic heterocycles. The summed E-state index contributed by atoms with van der Waals surface area (Å²) >= 11 is 0. The average Bonchev–Trinajstić information content (AvgIpc) is 3.11. The number of aliphatic imine (C=N–C) groups is 1. The quantitative estimate of drug-likeness (QED) is 0.463. The highest BCUT2D eigenvalue weighted by Gasteiger charge is 2.08. The van der Waals surface area contributed by atoms with Crippen LogP contribution in [0.5, 0.6) is 5.75 Å². The van der Waals surface area contributed by atoms with Crippen LogP contribution in [0.4, 0.5) is 8.78 Å². The zero-order chi connectivity index (χ0) is 20.6. The number of ether oxygens (including phenoxy) is 1. The predicted molar refractivity (Wildman–Crippen MR) is 109 cm³/mol. The molecule has 2 heterocycles. The number of alkyl halides is 2. The second-order valence-electron chi connectivity index (χ2n) is 6.56. The van der Waals surface area contributed by atoms with Crippen molar-refractivity contribution < 1.29 is 13.5 Å². The first kappa shape index (κ1) is 20.6. The van der Waals surface area contributed by atoms with Gasteiger partial charge in [-0.15, -0.1) is 0 Å². The molecule has 1 N–H and O–H groups in total. The summed E-state index contributed by atoms with van der Waals surface area (Å²) in [5.74, 6) is 0.934. The molecule has 0 bridgehead atoms. The Morgan fingerprint density at radius 3 is 2.72 bits per heavy atom. The average molecular weight is 401 g/mol. The highest BCUT2D eigenvalue weighted by Crippen LogP contribution is 2.15. The SMILES string of the molecule is CCNC(=NCCc1cn2ccccc2n1)N(C)Cc1ccc(OC(F)F)cc1. The maximum Gasteiger partial charge on any atom is 0.387 e. The number of benzene rings is 1. The molecule has 0 unspecified atom stereocenters. The van der Waals surface area contributed by atoms with E-state index in [1.165, 1.54) is 0 Å². The van der Waals surface area contributed by atoms with Gasteiger partial charge in [-0.1, -0.05) is 18.2 Å². The van der Waals surface area contributed by atoms with Gasteiger partial charge in [-0.2, -0.15) is 8.78 Å². The van der Waals surface area contributed by atoms with E-state index in [2.05, 4.69) is 15.0 Å². The van der Waals surface area contributed by atoms with E-state index in [1.807, 2.05) is 53.9 Å². The van der Waals surface area contributed by atoms with E-state index in [0.29, 0.717) is 13.1 Å². The van der Waals surface area contributed by atoms with Crippen molar-refractivity contribution in [2.75, 3.05) is 20.1 Å². The van der Waals surface area contributed by atoms with E-state index >= 15 is 0 Å². The Kier molecular flexibility index (Phi) is 6.99. The zero-order valence-corrected chi connectivity index (χ0v) is 16.6. The van der Waals surface area contributed by atoms with Crippen LogP contribution in [-0.2, 0) is 13.0 Å². The second-order valence-corrected chi connectivity index (χ2v) is 6.56. The first-order valence-electron chi connectivity index (χ1n) is 9.51. The van der Waals surface area contributed by atoms with Gasteiger partial charge >= 0.3 is 6.61 Å². The summed E-state index contributed by atoms with van der Waals surface area (Å²) in [5, 5.41) is 3.28. The first-order valence-corrected chi connectivity index (χ1v) is 9.51. The number of halogens is 2. The van der Waals surface area contributed by atoms with E-state index < -0.39 is 6.61 Å². The molecule has 0 spiro atoms. The van der Waals surface area contributed by atoms with Crippen LogP contribution < -0.4 is 10.1 Å². The molecular formula is C21H25F2N5O. The first-order chi connectivity index (χ1) is 14.0. The molecule has 0 radical (unpaired) electrons. The number of hydrogen-bond acceptors (Lipinski definition) is 3. The third kappa shape index (κ3) is 5.91. The summed E-state index contributed by atoms with van der Waals surface area (Å²) in [5.41, 5.74) is 2.89. The summed E-state index contributed by atoms with van der Waals surface area (Å²) in [6.07, 6.45) is 4.74. The van der Waals surface area contributed by atoms with E-state index in [1.54, 1.807) is 24.3 Å². The van der Waals surface area contributed by atoms with Crippen molar-refractivity contribution in [3.05, 3.63) is 66.1 Å². The molecule has 0 amide bonds. The molecule has 154 valence electrons. The second kappa shape index (κ2) is 9.86. The van der Waals surface area contributed by atoms with Gasteiger partial charge in [-0.05, 0) is 36.8 Å². The van der Waals surface area contributed by atoms with Crippen molar-refractivity contribution >= 4 is 11.6 Å². The van der Waals surface area contributed by atoms with Crippen molar-refractivity contribution in [3.63, 3.8) is 0 Å². The smallest absolute Gasteiger partial charge is 0.387 e. The van der Waals surface area contributed by atoms with E-state index in [0.717, 1.165) is 35.8 Å². The minimum atomic E-state index is -2.82. The molecule has 3 rings (SSSR count). The fraction of sp³-hybridized carbons (Fsp3) is 0.333. The molecule has 0 fully saturated rings. The Balaban J connectivity index is 1.59. The van der Waals surface area contributed by atoms with Crippen LogP contribution in [0.15, 0.2) is 59.9 Å². The number of hydrogen-bond donors (Lipinski definition) is 1. The normalized spacial score (nSPS) is 11.8. The summed E-state index contributed by atoms with van der Waals surface area (Å²) in [6, 6.07) is 12.5. The molecule has 29 heavy (non-hydrogen) atoms. The number of fused-ring (bicyclic) bond motifs is 1. The van der Waals surface area contributed by atoms with Crippen LogP contribution in [0.2, 0.25) is 0 Å². The van der Waals surface area contributed by atoms with Gasteiger partial charge in [0.25, 0.3) is 0 Å². The molecule has 0 aliphatic heterocycles. The number of aromatic nitrogens is 2. The summed E-state index contributed by atoms with van der Waals surface area (Å²) < 4.78 is 30.9. The van der Waals surface area contributed by atoms with Gasteiger partial charge in [0.15, 0.2) is 5.96 Å². The van der Waals surface area contributed by atoms with E-state index in [9.17, 15) is 8.78 Å². The number of pyridine rings is 1. The van der Waals surface area contributed by atoms with Gasteiger partial charge in [0, 0.05) is 45.5 Å². The molecule has 1 aromatic carbocycles. The fourth-order valence-corrected chi connectivity index (χ4v) is 2.98. The van der Waals surface area contributed by atoms with Gasteiger partial charge in [0.05, 0.1) is 5.69 Å². The fourth-order valence-electron chi connectivity index (χ4n) is 2.98. The van der Waals surface area contributed by atoms with Crippen molar-refractivity contribution in [1.29, 1.82) is 0 Å². The Morgan fingerprint density at radius 2 is 2.03 bits per heavy atom. The van der Waals surface area contributed by atoms with Crippen molar-refractivity contribution in [2.24, 2.45) is 4.99 Å². The van der Waals surface area contributed by atoms with Crippen LogP contribution in [0, 0.1) is 0 Å². The lowest BCUT2D eigenvalue weighted by atomic mass is 10.2. The standard InChI is InChI=1S/C21H25F2N5O/c1-3-24-21(25-12-11-17-15-28-13-5-4-6-19(28)26-17)27(2)14-16-7-9-18(10-8-16)29-20(22)23/h4-10,13,15,20H,3,11-12,14H2,1-2H3,(H,24,25). The molecule has 0 atom stereocenters. The number of rotatable bonds is 8. The molecular weight excluding hydrogens is 376 g/mol. The van der Waals surface area contributed by atoms with Gasteiger partial charge in [-0.3, -0.25) is 4.99 Å². The maximum atomic E-state index is 12.3. The molecule has 8 heteroatoms. The summed E-state index contributed by atoms with van der Waals surface area (Å²) in [7, 11) is 1.94. The minimum Gasteiger partial charge on any atom is -0.435 e. The zero-order valence-electron chi connectivity index (χ0n) is 16.6. The Labute approximate surface area is 168 Å². The van der Waals surface area contributed by atoms with Gasteiger partial charge in [0.2, 0.25) is 0 Å². The molecule has 6 nitrogen and oxygen atoms in total. The number of guanidine groups is 1. The van der Waals surface area contributed by atoms with Crippen molar-refractivity contribution in [2.45, 2.75) is 26.5 Å². The largest absolute Gasteiger partial charge is 0.435 e.